The highest BCUT2D eigenvalue weighted by molar-refractivity contribution is 5.78. The van der Waals surface area contributed by atoms with Crippen molar-refractivity contribution in [3.05, 3.63) is 23.9 Å². The van der Waals surface area contributed by atoms with Crippen molar-refractivity contribution < 1.29 is 18.0 Å². The summed E-state index contributed by atoms with van der Waals surface area (Å²) in [5.41, 5.74) is 3.98. The highest BCUT2D eigenvalue weighted by Gasteiger charge is 2.30. The van der Waals surface area contributed by atoms with Crippen molar-refractivity contribution in [2.45, 2.75) is 6.18 Å². The molecule has 0 spiro atoms. The molecule has 1 rings (SSSR count). The highest BCUT2D eigenvalue weighted by Crippen LogP contribution is 2.29. The SMILES string of the molecule is NC(=O)CNc1cc(C(F)(F)F)ccn1. The Morgan fingerprint density at radius 2 is 2.20 bits per heavy atom. The number of pyridine rings is 1. The second kappa shape index (κ2) is 4.16. The van der Waals surface area contributed by atoms with Crippen molar-refractivity contribution in [3.63, 3.8) is 0 Å². The van der Waals surface area contributed by atoms with Crippen LogP contribution < -0.4 is 11.1 Å². The first-order valence-corrected chi connectivity index (χ1v) is 3.95. The van der Waals surface area contributed by atoms with Crippen molar-refractivity contribution in [2.24, 2.45) is 5.73 Å². The second-order valence-corrected chi connectivity index (χ2v) is 2.75. The van der Waals surface area contributed by atoms with E-state index in [-0.39, 0.29) is 12.4 Å². The number of hydrogen-bond donors (Lipinski definition) is 2. The van der Waals surface area contributed by atoms with Gasteiger partial charge in [0.1, 0.15) is 5.82 Å². The van der Waals surface area contributed by atoms with E-state index in [1.165, 1.54) is 0 Å². The minimum atomic E-state index is -4.42. The largest absolute Gasteiger partial charge is 0.416 e. The Labute approximate surface area is 83.3 Å². The molecule has 0 radical (unpaired) electrons. The fourth-order valence-corrected chi connectivity index (χ4v) is 0.881. The summed E-state index contributed by atoms with van der Waals surface area (Å²) >= 11 is 0. The van der Waals surface area contributed by atoms with Gasteiger partial charge < -0.3 is 11.1 Å². The fraction of sp³-hybridized carbons (Fsp3) is 0.250. The van der Waals surface area contributed by atoms with Crippen LogP contribution in [0.25, 0.3) is 0 Å². The molecule has 7 heteroatoms. The van der Waals surface area contributed by atoms with Gasteiger partial charge in [-0.3, -0.25) is 4.79 Å². The van der Waals surface area contributed by atoms with Crippen LogP contribution in [0.15, 0.2) is 18.3 Å². The Hall–Kier alpha value is -1.79. The third kappa shape index (κ3) is 3.45. The van der Waals surface area contributed by atoms with Gasteiger partial charge in [0.2, 0.25) is 5.91 Å². The van der Waals surface area contributed by atoms with E-state index in [2.05, 4.69) is 10.3 Å². The molecule has 0 saturated carbocycles. The van der Waals surface area contributed by atoms with Crippen molar-refractivity contribution in [1.82, 2.24) is 4.98 Å². The first kappa shape index (κ1) is 11.3. The molecule has 0 saturated heterocycles. The van der Waals surface area contributed by atoms with Crippen molar-refractivity contribution in [3.8, 4) is 0 Å². The second-order valence-electron chi connectivity index (χ2n) is 2.75. The zero-order chi connectivity index (χ0) is 11.5. The number of primary amides is 1. The minimum absolute atomic E-state index is 0.0383. The molecule has 0 aliphatic heterocycles. The van der Waals surface area contributed by atoms with Gasteiger partial charge in [-0.2, -0.15) is 13.2 Å². The summed E-state index contributed by atoms with van der Waals surface area (Å²) in [5.74, 6) is -0.710. The molecule has 15 heavy (non-hydrogen) atoms. The van der Waals surface area contributed by atoms with Gasteiger partial charge in [0.25, 0.3) is 0 Å². The predicted octanol–water partition coefficient (Wildman–Crippen LogP) is 0.998. The monoisotopic (exact) mass is 219 g/mol. The Morgan fingerprint density at radius 3 is 2.73 bits per heavy atom. The Balaban J connectivity index is 2.79. The van der Waals surface area contributed by atoms with E-state index >= 15 is 0 Å². The number of hydrogen-bond acceptors (Lipinski definition) is 3. The summed E-state index contributed by atoms with van der Waals surface area (Å²) < 4.78 is 36.7. The van der Waals surface area contributed by atoms with Crippen LogP contribution in [0.4, 0.5) is 19.0 Å². The zero-order valence-corrected chi connectivity index (χ0v) is 7.51. The van der Waals surface area contributed by atoms with Gasteiger partial charge in [-0.25, -0.2) is 4.98 Å². The van der Waals surface area contributed by atoms with Gasteiger partial charge in [0.15, 0.2) is 0 Å². The molecule has 1 heterocycles. The number of nitrogens with one attached hydrogen (secondary N) is 1. The summed E-state index contributed by atoms with van der Waals surface area (Å²) in [6, 6.07) is 1.65. The van der Waals surface area contributed by atoms with Crippen molar-refractivity contribution >= 4 is 11.7 Å². The van der Waals surface area contributed by atoms with Crippen LogP contribution in [0, 0.1) is 0 Å². The minimum Gasteiger partial charge on any atom is -0.368 e. The van der Waals surface area contributed by atoms with Crippen LogP contribution in [0.3, 0.4) is 0 Å². The maximum Gasteiger partial charge on any atom is 0.416 e. The van der Waals surface area contributed by atoms with Crippen LogP contribution in [0.2, 0.25) is 0 Å². The maximum atomic E-state index is 12.2. The number of carbonyl (C=O) groups excluding carboxylic acids is 1. The highest BCUT2D eigenvalue weighted by atomic mass is 19.4. The summed E-state index contributed by atoms with van der Waals surface area (Å²) in [6.45, 7) is -0.256. The number of amides is 1. The van der Waals surface area contributed by atoms with Crippen LogP contribution in [0.1, 0.15) is 5.56 Å². The first-order chi connectivity index (χ1) is 6.89. The van der Waals surface area contributed by atoms with E-state index in [0.29, 0.717) is 0 Å². The fourth-order valence-electron chi connectivity index (χ4n) is 0.881. The third-order valence-corrected chi connectivity index (χ3v) is 1.53. The van der Waals surface area contributed by atoms with Crippen LogP contribution in [-0.2, 0) is 11.0 Å². The molecule has 82 valence electrons. The van der Waals surface area contributed by atoms with Gasteiger partial charge >= 0.3 is 6.18 Å². The van der Waals surface area contributed by atoms with E-state index in [4.69, 9.17) is 5.73 Å². The van der Waals surface area contributed by atoms with Gasteiger partial charge in [0, 0.05) is 6.20 Å². The lowest BCUT2D eigenvalue weighted by molar-refractivity contribution is -0.137. The van der Waals surface area contributed by atoms with E-state index in [0.717, 1.165) is 18.3 Å². The first-order valence-electron chi connectivity index (χ1n) is 3.95. The number of nitrogens with zero attached hydrogens (tertiary/aromatic N) is 1. The quantitative estimate of drug-likeness (QED) is 0.796. The molecule has 4 nitrogen and oxygen atoms in total. The molecule has 1 aromatic rings. The molecule has 0 aliphatic carbocycles. The molecule has 0 bridgehead atoms. The number of alkyl halides is 3. The molecule has 1 aromatic heterocycles. The molecule has 0 aromatic carbocycles. The molecule has 0 fully saturated rings. The van der Waals surface area contributed by atoms with E-state index < -0.39 is 17.6 Å². The maximum absolute atomic E-state index is 12.2. The van der Waals surface area contributed by atoms with Crippen molar-refractivity contribution in [1.29, 1.82) is 0 Å². The van der Waals surface area contributed by atoms with E-state index in [9.17, 15) is 18.0 Å². The number of halogens is 3. The molecule has 0 unspecified atom stereocenters. The van der Waals surface area contributed by atoms with E-state index in [1.807, 2.05) is 0 Å². The van der Waals surface area contributed by atoms with Crippen LogP contribution >= 0.6 is 0 Å². The standard InChI is InChI=1S/C8H8F3N3O/c9-8(10,11)5-1-2-13-7(3-5)14-4-6(12)15/h1-3H,4H2,(H2,12,15)(H,13,14). The number of aromatic nitrogens is 1. The predicted molar refractivity (Wildman–Crippen MR) is 46.9 cm³/mol. The molecule has 3 N–H and O–H groups in total. The summed E-state index contributed by atoms with van der Waals surface area (Å²) in [4.78, 5) is 14.0. The van der Waals surface area contributed by atoms with Gasteiger partial charge in [-0.15, -0.1) is 0 Å². The van der Waals surface area contributed by atoms with Gasteiger partial charge in [-0.05, 0) is 12.1 Å². The van der Waals surface area contributed by atoms with Crippen LogP contribution in [0.5, 0.6) is 0 Å². The molecular weight excluding hydrogens is 211 g/mol. The smallest absolute Gasteiger partial charge is 0.368 e. The Kier molecular flexibility index (Phi) is 3.13. The summed E-state index contributed by atoms with van der Waals surface area (Å²) in [5, 5.41) is 2.37. The number of nitrogens with two attached hydrogens (primary N) is 1. The van der Waals surface area contributed by atoms with Crippen LogP contribution in [-0.4, -0.2) is 17.4 Å². The lowest BCUT2D eigenvalue weighted by Crippen LogP contribution is -2.22. The third-order valence-electron chi connectivity index (χ3n) is 1.53. The van der Waals surface area contributed by atoms with Gasteiger partial charge in [0.05, 0.1) is 12.1 Å². The lowest BCUT2D eigenvalue weighted by atomic mass is 10.2. The Bertz CT molecular complexity index is 364. The summed E-state index contributed by atoms with van der Waals surface area (Å²) in [6.07, 6.45) is -3.42. The number of carbonyl (C=O) groups is 1. The van der Waals surface area contributed by atoms with Crippen molar-refractivity contribution in [2.75, 3.05) is 11.9 Å². The average molecular weight is 219 g/mol. The average Bonchev–Trinajstić information content (AvgIpc) is 2.14. The Morgan fingerprint density at radius 1 is 1.53 bits per heavy atom. The number of anilines is 1. The van der Waals surface area contributed by atoms with E-state index in [1.54, 1.807) is 0 Å². The topological polar surface area (TPSA) is 68.0 Å². The lowest BCUT2D eigenvalue weighted by Gasteiger charge is -2.08. The molecule has 1 amide bonds. The zero-order valence-electron chi connectivity index (χ0n) is 7.51. The number of rotatable bonds is 3. The molecule has 0 aliphatic rings. The summed E-state index contributed by atoms with van der Waals surface area (Å²) in [7, 11) is 0. The molecule has 0 atom stereocenters. The normalized spacial score (nSPS) is 11.1. The van der Waals surface area contributed by atoms with Gasteiger partial charge in [-0.1, -0.05) is 0 Å². The molecular formula is C8H8F3N3O.